The van der Waals surface area contributed by atoms with E-state index in [0.717, 1.165) is 16.9 Å². The number of nitrogens with one attached hydrogen (secondary N) is 1. The van der Waals surface area contributed by atoms with Crippen LogP contribution in [0.4, 0.5) is 11.4 Å². The summed E-state index contributed by atoms with van der Waals surface area (Å²) in [6.07, 6.45) is 1.36. The SMILES string of the molecule is COCc1ccccc1Nc1cc(C)ncc1C(=O)O. The summed E-state index contributed by atoms with van der Waals surface area (Å²) in [6, 6.07) is 9.33. The summed E-state index contributed by atoms with van der Waals surface area (Å²) < 4.78 is 5.14. The van der Waals surface area contributed by atoms with E-state index in [4.69, 9.17) is 4.74 Å². The molecule has 0 aliphatic carbocycles. The van der Waals surface area contributed by atoms with E-state index in [2.05, 4.69) is 10.3 Å². The molecule has 0 aliphatic heterocycles. The normalized spacial score (nSPS) is 10.3. The summed E-state index contributed by atoms with van der Waals surface area (Å²) in [7, 11) is 1.62. The maximum atomic E-state index is 11.2. The van der Waals surface area contributed by atoms with Crippen molar-refractivity contribution in [2.75, 3.05) is 12.4 Å². The lowest BCUT2D eigenvalue weighted by atomic mass is 10.1. The molecule has 2 rings (SSSR count). The van der Waals surface area contributed by atoms with Gasteiger partial charge in [-0.25, -0.2) is 4.79 Å². The number of anilines is 2. The van der Waals surface area contributed by atoms with E-state index in [-0.39, 0.29) is 5.56 Å². The number of aromatic carboxylic acids is 1. The Morgan fingerprint density at radius 1 is 1.35 bits per heavy atom. The summed E-state index contributed by atoms with van der Waals surface area (Å²) >= 11 is 0. The molecule has 0 saturated heterocycles. The zero-order valence-electron chi connectivity index (χ0n) is 11.4. The summed E-state index contributed by atoms with van der Waals surface area (Å²) in [4.78, 5) is 15.2. The van der Waals surface area contributed by atoms with Crippen molar-refractivity contribution in [3.63, 3.8) is 0 Å². The van der Waals surface area contributed by atoms with Crippen molar-refractivity contribution in [1.82, 2.24) is 4.98 Å². The Kier molecular flexibility index (Phi) is 4.32. The van der Waals surface area contributed by atoms with E-state index in [9.17, 15) is 9.90 Å². The number of aryl methyl sites for hydroxylation is 1. The Bertz CT molecular complexity index is 626. The van der Waals surface area contributed by atoms with Crippen molar-refractivity contribution >= 4 is 17.3 Å². The Balaban J connectivity index is 2.39. The third-order valence-corrected chi connectivity index (χ3v) is 2.86. The van der Waals surface area contributed by atoms with Gasteiger partial charge in [0.2, 0.25) is 0 Å². The summed E-state index contributed by atoms with van der Waals surface area (Å²) in [5.74, 6) is -1.01. The second kappa shape index (κ2) is 6.16. The molecule has 0 unspecified atom stereocenters. The quantitative estimate of drug-likeness (QED) is 0.875. The highest BCUT2D eigenvalue weighted by molar-refractivity contribution is 5.95. The minimum atomic E-state index is -1.01. The van der Waals surface area contributed by atoms with Gasteiger partial charge < -0.3 is 15.2 Å². The smallest absolute Gasteiger partial charge is 0.339 e. The lowest BCUT2D eigenvalue weighted by Gasteiger charge is -2.13. The molecule has 1 aromatic carbocycles. The zero-order valence-corrected chi connectivity index (χ0v) is 11.4. The van der Waals surface area contributed by atoms with Crippen LogP contribution < -0.4 is 5.32 Å². The van der Waals surface area contributed by atoms with Gasteiger partial charge in [-0.15, -0.1) is 0 Å². The van der Waals surface area contributed by atoms with Crippen LogP contribution in [0, 0.1) is 6.92 Å². The number of hydrogen-bond donors (Lipinski definition) is 2. The molecule has 5 nitrogen and oxygen atoms in total. The molecule has 5 heteroatoms. The molecular weight excluding hydrogens is 256 g/mol. The molecule has 0 fully saturated rings. The fraction of sp³-hybridized carbons (Fsp3) is 0.200. The van der Waals surface area contributed by atoms with Gasteiger partial charge in [0.05, 0.1) is 12.3 Å². The van der Waals surface area contributed by atoms with E-state index < -0.39 is 5.97 Å². The first kappa shape index (κ1) is 14.0. The van der Waals surface area contributed by atoms with Crippen LogP contribution in [0.5, 0.6) is 0 Å². The minimum absolute atomic E-state index is 0.141. The van der Waals surface area contributed by atoms with Gasteiger partial charge in [0.1, 0.15) is 5.56 Å². The fourth-order valence-corrected chi connectivity index (χ4v) is 1.90. The highest BCUT2D eigenvalue weighted by Crippen LogP contribution is 2.24. The van der Waals surface area contributed by atoms with E-state index in [0.29, 0.717) is 12.3 Å². The number of carboxylic acid groups (broad SMARTS) is 1. The predicted octanol–water partition coefficient (Wildman–Crippen LogP) is 2.98. The monoisotopic (exact) mass is 272 g/mol. The number of carbonyl (C=O) groups is 1. The molecule has 20 heavy (non-hydrogen) atoms. The van der Waals surface area contributed by atoms with Gasteiger partial charge in [-0.3, -0.25) is 4.98 Å². The molecule has 2 N–H and O–H groups in total. The molecule has 0 aliphatic rings. The first-order chi connectivity index (χ1) is 9.61. The van der Waals surface area contributed by atoms with Crippen LogP contribution in [-0.4, -0.2) is 23.2 Å². The van der Waals surface area contributed by atoms with Crippen LogP contribution in [0.25, 0.3) is 0 Å². The average molecular weight is 272 g/mol. The lowest BCUT2D eigenvalue weighted by molar-refractivity contribution is 0.0697. The van der Waals surface area contributed by atoms with Gasteiger partial charge in [-0.05, 0) is 19.1 Å². The second-order valence-corrected chi connectivity index (χ2v) is 4.39. The van der Waals surface area contributed by atoms with E-state index >= 15 is 0 Å². The Labute approximate surface area is 117 Å². The number of methoxy groups -OCH3 is 1. The first-order valence-corrected chi connectivity index (χ1v) is 6.15. The van der Waals surface area contributed by atoms with Crippen molar-refractivity contribution in [3.05, 3.63) is 53.3 Å². The number of hydrogen-bond acceptors (Lipinski definition) is 4. The fourth-order valence-electron chi connectivity index (χ4n) is 1.90. The van der Waals surface area contributed by atoms with E-state index in [1.54, 1.807) is 13.2 Å². The van der Waals surface area contributed by atoms with Gasteiger partial charge in [-0.1, -0.05) is 18.2 Å². The maximum Gasteiger partial charge on any atom is 0.339 e. The third-order valence-electron chi connectivity index (χ3n) is 2.86. The number of ether oxygens (including phenoxy) is 1. The van der Waals surface area contributed by atoms with Crippen LogP contribution >= 0.6 is 0 Å². The number of pyridine rings is 1. The van der Waals surface area contributed by atoms with E-state index in [1.165, 1.54) is 6.20 Å². The van der Waals surface area contributed by atoms with Crippen LogP contribution in [-0.2, 0) is 11.3 Å². The number of benzene rings is 1. The summed E-state index contributed by atoms with van der Waals surface area (Å²) in [5, 5.41) is 12.3. The number of carboxylic acids is 1. The van der Waals surface area contributed by atoms with Crippen molar-refractivity contribution in [2.24, 2.45) is 0 Å². The summed E-state index contributed by atoms with van der Waals surface area (Å²) in [5.41, 5.74) is 3.20. The number of nitrogens with zero attached hydrogens (tertiary/aromatic N) is 1. The van der Waals surface area contributed by atoms with Gasteiger partial charge in [0.25, 0.3) is 0 Å². The molecule has 0 spiro atoms. The molecule has 0 atom stereocenters. The standard InChI is InChI=1S/C15H16N2O3/c1-10-7-14(12(8-16-10)15(18)19)17-13-6-4-3-5-11(13)9-20-2/h3-8H,9H2,1-2H3,(H,16,17)(H,18,19). The van der Waals surface area contributed by atoms with E-state index in [1.807, 2.05) is 31.2 Å². The largest absolute Gasteiger partial charge is 0.478 e. The van der Waals surface area contributed by atoms with Gasteiger partial charge >= 0.3 is 5.97 Å². The van der Waals surface area contributed by atoms with Crippen LogP contribution in [0.1, 0.15) is 21.6 Å². The van der Waals surface area contributed by atoms with Crippen molar-refractivity contribution in [1.29, 1.82) is 0 Å². The molecule has 0 amide bonds. The minimum Gasteiger partial charge on any atom is -0.478 e. The van der Waals surface area contributed by atoms with Crippen molar-refractivity contribution in [2.45, 2.75) is 13.5 Å². The van der Waals surface area contributed by atoms with Crippen LogP contribution in [0.2, 0.25) is 0 Å². The van der Waals surface area contributed by atoms with Crippen LogP contribution in [0.15, 0.2) is 36.5 Å². The summed E-state index contributed by atoms with van der Waals surface area (Å²) in [6.45, 7) is 2.27. The molecule has 0 saturated carbocycles. The van der Waals surface area contributed by atoms with Gasteiger partial charge in [-0.2, -0.15) is 0 Å². The predicted molar refractivity (Wildman–Crippen MR) is 76.4 cm³/mol. The number of para-hydroxylation sites is 1. The van der Waals surface area contributed by atoms with Crippen molar-refractivity contribution < 1.29 is 14.6 Å². The molecule has 0 bridgehead atoms. The molecular formula is C15H16N2O3. The second-order valence-electron chi connectivity index (χ2n) is 4.39. The van der Waals surface area contributed by atoms with Gasteiger partial charge in [0.15, 0.2) is 0 Å². The molecule has 1 aromatic heterocycles. The van der Waals surface area contributed by atoms with Crippen LogP contribution in [0.3, 0.4) is 0 Å². The molecule has 104 valence electrons. The highest BCUT2D eigenvalue weighted by Gasteiger charge is 2.12. The Morgan fingerprint density at radius 2 is 2.10 bits per heavy atom. The third kappa shape index (κ3) is 3.13. The molecule has 2 aromatic rings. The topological polar surface area (TPSA) is 71.5 Å². The zero-order chi connectivity index (χ0) is 14.5. The Hall–Kier alpha value is -2.40. The molecule has 1 heterocycles. The Morgan fingerprint density at radius 3 is 2.80 bits per heavy atom. The maximum absolute atomic E-state index is 11.2. The number of aromatic nitrogens is 1. The first-order valence-electron chi connectivity index (χ1n) is 6.15. The van der Waals surface area contributed by atoms with Crippen molar-refractivity contribution in [3.8, 4) is 0 Å². The lowest BCUT2D eigenvalue weighted by Crippen LogP contribution is -2.05. The highest BCUT2D eigenvalue weighted by atomic mass is 16.5. The number of rotatable bonds is 5. The average Bonchev–Trinajstić information content (AvgIpc) is 2.41. The molecule has 0 radical (unpaired) electrons. The van der Waals surface area contributed by atoms with Gasteiger partial charge in [0, 0.05) is 30.3 Å².